The Hall–Kier alpha value is -1.51. The highest BCUT2D eigenvalue weighted by atomic mass is 16.5. The molecule has 1 rings (SSSR count). The van der Waals surface area contributed by atoms with Gasteiger partial charge in [0.05, 0.1) is 12.3 Å². The third-order valence-corrected chi connectivity index (χ3v) is 2.76. The van der Waals surface area contributed by atoms with Crippen molar-refractivity contribution in [3.63, 3.8) is 0 Å². The van der Waals surface area contributed by atoms with Crippen LogP contribution in [0.2, 0.25) is 0 Å². The van der Waals surface area contributed by atoms with Gasteiger partial charge < -0.3 is 9.64 Å². The lowest BCUT2D eigenvalue weighted by atomic mass is 10.1. The van der Waals surface area contributed by atoms with E-state index in [1.807, 2.05) is 25.1 Å². The zero-order valence-electron chi connectivity index (χ0n) is 11.1. The molecule has 1 aromatic rings. The molecule has 0 heterocycles. The van der Waals surface area contributed by atoms with E-state index in [2.05, 4.69) is 6.92 Å². The molecule has 0 radical (unpaired) electrons. The second-order valence-corrected chi connectivity index (χ2v) is 4.20. The van der Waals surface area contributed by atoms with E-state index in [-0.39, 0.29) is 5.91 Å². The molecule has 3 heteroatoms. The molecule has 3 nitrogen and oxygen atoms in total. The fourth-order valence-electron chi connectivity index (χ4n) is 1.66. The Balaban J connectivity index is 2.95. The van der Waals surface area contributed by atoms with Crippen LogP contribution in [-0.4, -0.2) is 19.6 Å². The van der Waals surface area contributed by atoms with Crippen LogP contribution in [0.1, 0.15) is 32.3 Å². The van der Waals surface area contributed by atoms with Crippen molar-refractivity contribution in [3.8, 4) is 5.75 Å². The molecule has 0 unspecified atom stereocenters. The molecule has 0 saturated heterocycles. The number of anilines is 1. The number of nitrogens with zero attached hydrogens (tertiary/aromatic N) is 1. The minimum atomic E-state index is 0.0136. The first-order valence-corrected chi connectivity index (χ1v) is 6.04. The minimum Gasteiger partial charge on any atom is -0.491 e. The van der Waals surface area contributed by atoms with E-state index in [0.29, 0.717) is 6.61 Å². The van der Waals surface area contributed by atoms with Gasteiger partial charge in [-0.2, -0.15) is 0 Å². The van der Waals surface area contributed by atoms with Crippen LogP contribution in [0, 0.1) is 6.92 Å². The predicted molar refractivity (Wildman–Crippen MR) is 70.7 cm³/mol. The zero-order chi connectivity index (χ0) is 12.8. The number of carbonyl (C=O) groups excluding carboxylic acids is 1. The van der Waals surface area contributed by atoms with Crippen LogP contribution >= 0.6 is 0 Å². The van der Waals surface area contributed by atoms with E-state index in [9.17, 15) is 4.79 Å². The first-order chi connectivity index (χ1) is 8.07. The summed E-state index contributed by atoms with van der Waals surface area (Å²) in [6.07, 6.45) is 2.13. The smallest absolute Gasteiger partial charge is 0.223 e. The number of aryl methyl sites for hydroxylation is 1. The van der Waals surface area contributed by atoms with Crippen LogP contribution in [0.5, 0.6) is 5.75 Å². The highest BCUT2D eigenvalue weighted by Gasteiger charge is 2.14. The molecule has 0 aliphatic rings. The fraction of sp³-hybridized carbons (Fsp3) is 0.500. The second-order valence-electron chi connectivity index (χ2n) is 4.20. The average Bonchev–Trinajstić information content (AvgIpc) is 2.28. The molecule has 94 valence electrons. The SMILES string of the molecule is CCCCOc1cccc(C)c1N(C)C(C)=O. The molecular formula is C14H21NO2. The van der Waals surface area contributed by atoms with Gasteiger partial charge in [-0.1, -0.05) is 25.5 Å². The molecule has 0 aliphatic heterocycles. The van der Waals surface area contributed by atoms with Gasteiger partial charge in [-0.3, -0.25) is 4.79 Å². The largest absolute Gasteiger partial charge is 0.491 e. The van der Waals surface area contributed by atoms with Crippen molar-refractivity contribution >= 4 is 11.6 Å². The van der Waals surface area contributed by atoms with Gasteiger partial charge in [0.25, 0.3) is 0 Å². The maximum absolute atomic E-state index is 11.4. The lowest BCUT2D eigenvalue weighted by Crippen LogP contribution is -2.24. The number of rotatable bonds is 5. The second kappa shape index (κ2) is 6.28. The molecule has 0 aliphatic carbocycles. The topological polar surface area (TPSA) is 29.5 Å². The Bertz CT molecular complexity index is 388. The van der Waals surface area contributed by atoms with E-state index in [4.69, 9.17) is 4.74 Å². The summed E-state index contributed by atoms with van der Waals surface area (Å²) >= 11 is 0. The van der Waals surface area contributed by atoms with Crippen molar-refractivity contribution in [2.24, 2.45) is 0 Å². The third kappa shape index (κ3) is 3.48. The zero-order valence-corrected chi connectivity index (χ0v) is 11.1. The lowest BCUT2D eigenvalue weighted by molar-refractivity contribution is -0.116. The lowest BCUT2D eigenvalue weighted by Gasteiger charge is -2.21. The van der Waals surface area contributed by atoms with Gasteiger partial charge in [-0.05, 0) is 25.0 Å². The summed E-state index contributed by atoms with van der Waals surface area (Å²) in [5, 5.41) is 0. The van der Waals surface area contributed by atoms with E-state index >= 15 is 0 Å². The Morgan fingerprint density at radius 1 is 1.41 bits per heavy atom. The number of carbonyl (C=O) groups is 1. The summed E-state index contributed by atoms with van der Waals surface area (Å²) in [6, 6.07) is 5.85. The van der Waals surface area contributed by atoms with Gasteiger partial charge in [-0.25, -0.2) is 0 Å². The first-order valence-electron chi connectivity index (χ1n) is 6.04. The molecule has 0 bridgehead atoms. The third-order valence-electron chi connectivity index (χ3n) is 2.76. The number of hydrogen-bond donors (Lipinski definition) is 0. The van der Waals surface area contributed by atoms with Crippen LogP contribution in [0.25, 0.3) is 0 Å². The number of amides is 1. The van der Waals surface area contributed by atoms with Gasteiger partial charge in [0.2, 0.25) is 5.91 Å². The Kier molecular flexibility index (Phi) is 5.01. The normalized spacial score (nSPS) is 10.1. The molecule has 1 amide bonds. The molecular weight excluding hydrogens is 214 g/mol. The van der Waals surface area contributed by atoms with Gasteiger partial charge in [-0.15, -0.1) is 0 Å². The van der Waals surface area contributed by atoms with Crippen LogP contribution in [0.4, 0.5) is 5.69 Å². The summed E-state index contributed by atoms with van der Waals surface area (Å²) in [7, 11) is 1.78. The fourth-order valence-corrected chi connectivity index (χ4v) is 1.66. The number of unbranched alkanes of at least 4 members (excludes halogenated alkanes) is 1. The standard InChI is InChI=1S/C14H21NO2/c1-5-6-10-17-13-9-7-8-11(2)14(13)15(4)12(3)16/h7-9H,5-6,10H2,1-4H3. The first kappa shape index (κ1) is 13.6. The quantitative estimate of drug-likeness (QED) is 0.734. The van der Waals surface area contributed by atoms with Crippen molar-refractivity contribution in [1.29, 1.82) is 0 Å². The highest BCUT2D eigenvalue weighted by Crippen LogP contribution is 2.31. The number of para-hydroxylation sites is 1. The van der Waals surface area contributed by atoms with Crippen LogP contribution in [0.3, 0.4) is 0 Å². The van der Waals surface area contributed by atoms with E-state index in [0.717, 1.165) is 29.8 Å². The van der Waals surface area contributed by atoms with Crippen molar-refractivity contribution in [1.82, 2.24) is 0 Å². The Labute approximate surface area is 103 Å². The number of benzene rings is 1. The van der Waals surface area contributed by atoms with Gasteiger partial charge >= 0.3 is 0 Å². The number of ether oxygens (including phenoxy) is 1. The molecule has 0 atom stereocenters. The van der Waals surface area contributed by atoms with Crippen molar-refractivity contribution in [2.75, 3.05) is 18.6 Å². The van der Waals surface area contributed by atoms with Crippen molar-refractivity contribution < 1.29 is 9.53 Å². The minimum absolute atomic E-state index is 0.0136. The monoisotopic (exact) mass is 235 g/mol. The summed E-state index contributed by atoms with van der Waals surface area (Å²) in [5.41, 5.74) is 1.92. The van der Waals surface area contributed by atoms with E-state index < -0.39 is 0 Å². The van der Waals surface area contributed by atoms with Gasteiger partial charge in [0.1, 0.15) is 5.75 Å². The maximum atomic E-state index is 11.4. The predicted octanol–water partition coefficient (Wildman–Crippen LogP) is 3.16. The highest BCUT2D eigenvalue weighted by molar-refractivity contribution is 5.93. The molecule has 1 aromatic carbocycles. The molecule has 0 spiro atoms. The summed E-state index contributed by atoms with van der Waals surface area (Å²) in [6.45, 7) is 6.37. The van der Waals surface area contributed by atoms with Crippen LogP contribution in [0.15, 0.2) is 18.2 Å². The maximum Gasteiger partial charge on any atom is 0.223 e. The Morgan fingerprint density at radius 2 is 2.12 bits per heavy atom. The molecule has 0 N–H and O–H groups in total. The van der Waals surface area contributed by atoms with E-state index in [1.54, 1.807) is 18.9 Å². The van der Waals surface area contributed by atoms with Gasteiger partial charge in [0.15, 0.2) is 0 Å². The average molecular weight is 235 g/mol. The van der Waals surface area contributed by atoms with Crippen molar-refractivity contribution in [3.05, 3.63) is 23.8 Å². The van der Waals surface area contributed by atoms with E-state index in [1.165, 1.54) is 0 Å². The van der Waals surface area contributed by atoms with Crippen LogP contribution in [-0.2, 0) is 4.79 Å². The Morgan fingerprint density at radius 3 is 2.71 bits per heavy atom. The molecule has 0 saturated carbocycles. The summed E-state index contributed by atoms with van der Waals surface area (Å²) in [5.74, 6) is 0.802. The molecule has 17 heavy (non-hydrogen) atoms. The van der Waals surface area contributed by atoms with Gasteiger partial charge in [0, 0.05) is 14.0 Å². The number of hydrogen-bond acceptors (Lipinski definition) is 2. The summed E-state index contributed by atoms with van der Waals surface area (Å²) < 4.78 is 5.74. The van der Waals surface area contributed by atoms with Crippen molar-refractivity contribution in [2.45, 2.75) is 33.6 Å². The van der Waals surface area contributed by atoms with Crippen LogP contribution < -0.4 is 9.64 Å². The summed E-state index contributed by atoms with van der Waals surface area (Å²) in [4.78, 5) is 13.1. The molecule has 0 aromatic heterocycles. The molecule has 0 fully saturated rings.